The maximum atomic E-state index is 12.4. The summed E-state index contributed by atoms with van der Waals surface area (Å²) in [7, 11) is 0. The highest BCUT2D eigenvalue weighted by Gasteiger charge is 2.46. The maximum Gasteiger partial charge on any atom is 0.224 e. The van der Waals surface area contributed by atoms with Gasteiger partial charge in [-0.1, -0.05) is 6.92 Å². The molecule has 6 nitrogen and oxygen atoms in total. The van der Waals surface area contributed by atoms with Crippen molar-refractivity contribution in [2.24, 2.45) is 0 Å². The average Bonchev–Trinajstić information content (AvgIpc) is 2.99. The van der Waals surface area contributed by atoms with Crippen LogP contribution in [0.5, 0.6) is 0 Å². The van der Waals surface area contributed by atoms with Gasteiger partial charge in [-0.2, -0.15) is 5.10 Å². The molecule has 1 aromatic heterocycles. The molecule has 1 N–H and O–H groups in total. The molecule has 1 unspecified atom stereocenters. The van der Waals surface area contributed by atoms with Crippen molar-refractivity contribution in [3.05, 3.63) is 18.0 Å². The fraction of sp³-hybridized carbons (Fsp3) is 0.778. The Bertz CT molecular complexity index is 578. The summed E-state index contributed by atoms with van der Waals surface area (Å²) >= 11 is 0. The van der Waals surface area contributed by atoms with Gasteiger partial charge in [0, 0.05) is 38.7 Å². The first kappa shape index (κ1) is 17.4. The van der Waals surface area contributed by atoms with Crippen LogP contribution in [0.1, 0.15) is 51.0 Å². The molecule has 2 aliphatic heterocycles. The number of aromatic nitrogens is 2. The van der Waals surface area contributed by atoms with Gasteiger partial charge >= 0.3 is 0 Å². The Morgan fingerprint density at radius 3 is 2.75 bits per heavy atom. The van der Waals surface area contributed by atoms with Crippen molar-refractivity contribution in [1.82, 2.24) is 14.7 Å². The average molecular weight is 335 g/mol. The van der Waals surface area contributed by atoms with Crippen LogP contribution in [0, 0.1) is 6.92 Å². The molecule has 6 heteroatoms. The van der Waals surface area contributed by atoms with Crippen LogP contribution in [0.4, 0.5) is 0 Å². The summed E-state index contributed by atoms with van der Waals surface area (Å²) in [5.41, 5.74) is 0.279. The van der Waals surface area contributed by atoms with Crippen LogP contribution in [0.25, 0.3) is 0 Å². The number of likely N-dealkylation sites (tertiary alicyclic amines) is 1. The second-order valence-corrected chi connectivity index (χ2v) is 7.45. The molecule has 3 heterocycles. The van der Waals surface area contributed by atoms with Gasteiger partial charge in [-0.05, 0) is 38.2 Å². The third-order valence-electron chi connectivity index (χ3n) is 5.63. The van der Waals surface area contributed by atoms with Crippen LogP contribution in [-0.2, 0) is 16.1 Å². The lowest BCUT2D eigenvalue weighted by Gasteiger charge is -2.49. The van der Waals surface area contributed by atoms with E-state index < -0.39 is 5.60 Å². The van der Waals surface area contributed by atoms with E-state index in [2.05, 4.69) is 5.10 Å². The quantitative estimate of drug-likeness (QED) is 0.912. The fourth-order valence-electron chi connectivity index (χ4n) is 3.94. The first-order chi connectivity index (χ1) is 11.4. The third-order valence-corrected chi connectivity index (χ3v) is 5.63. The van der Waals surface area contributed by atoms with Crippen LogP contribution in [0.3, 0.4) is 0 Å². The van der Waals surface area contributed by atoms with E-state index in [4.69, 9.17) is 4.74 Å². The SMILES string of the molecule is CCC1(O)CCOC2(CCN(C(=O)CCn3cc(C)cn3)CC2)C1. The highest BCUT2D eigenvalue weighted by Crippen LogP contribution is 2.40. The van der Waals surface area contributed by atoms with E-state index in [0.29, 0.717) is 26.0 Å². The minimum atomic E-state index is -0.595. The molecular formula is C18H29N3O3. The number of aliphatic hydroxyl groups is 1. The Hall–Kier alpha value is -1.40. The molecule has 0 aromatic carbocycles. The molecule has 1 spiro atoms. The Morgan fingerprint density at radius 2 is 2.12 bits per heavy atom. The van der Waals surface area contributed by atoms with Crippen molar-refractivity contribution in [3.63, 3.8) is 0 Å². The molecule has 0 aliphatic carbocycles. The standard InChI is InChI=1S/C18H29N3O3/c1-3-17(23)7-11-24-18(14-17)5-9-20(10-6-18)16(22)4-8-21-13-15(2)12-19-21/h12-13,23H,3-11,14H2,1-2H3. The van der Waals surface area contributed by atoms with Crippen molar-refractivity contribution in [2.45, 2.75) is 70.1 Å². The first-order valence-corrected chi connectivity index (χ1v) is 9.07. The number of piperidine rings is 1. The molecule has 2 fully saturated rings. The van der Waals surface area contributed by atoms with Crippen molar-refractivity contribution in [1.29, 1.82) is 0 Å². The van der Waals surface area contributed by atoms with Crippen LogP contribution in [0.15, 0.2) is 12.4 Å². The number of hydrogen-bond acceptors (Lipinski definition) is 4. The molecule has 1 atom stereocenters. The van der Waals surface area contributed by atoms with E-state index in [0.717, 1.165) is 44.3 Å². The number of rotatable bonds is 4. The second-order valence-electron chi connectivity index (χ2n) is 7.45. The molecule has 0 bridgehead atoms. The van der Waals surface area contributed by atoms with Gasteiger partial charge in [0.1, 0.15) is 0 Å². The van der Waals surface area contributed by atoms with Gasteiger partial charge in [0.25, 0.3) is 0 Å². The van der Waals surface area contributed by atoms with Gasteiger partial charge < -0.3 is 14.7 Å². The minimum absolute atomic E-state index is 0.180. The van der Waals surface area contributed by atoms with E-state index in [-0.39, 0.29) is 11.5 Å². The van der Waals surface area contributed by atoms with Gasteiger partial charge in [0.15, 0.2) is 0 Å². The largest absolute Gasteiger partial charge is 0.390 e. The summed E-state index contributed by atoms with van der Waals surface area (Å²) in [5, 5.41) is 14.8. The zero-order valence-electron chi connectivity index (χ0n) is 14.8. The first-order valence-electron chi connectivity index (χ1n) is 9.07. The summed E-state index contributed by atoms with van der Waals surface area (Å²) in [6.07, 6.45) is 8.08. The molecule has 2 saturated heterocycles. The Morgan fingerprint density at radius 1 is 1.38 bits per heavy atom. The molecule has 24 heavy (non-hydrogen) atoms. The van der Waals surface area contributed by atoms with E-state index in [1.54, 1.807) is 0 Å². The Kier molecular flexibility index (Phi) is 4.97. The molecule has 1 aromatic rings. The highest BCUT2D eigenvalue weighted by molar-refractivity contribution is 5.76. The number of nitrogens with zero attached hydrogens (tertiary/aromatic N) is 3. The van der Waals surface area contributed by atoms with E-state index >= 15 is 0 Å². The molecule has 3 rings (SSSR count). The smallest absolute Gasteiger partial charge is 0.224 e. The van der Waals surface area contributed by atoms with Gasteiger partial charge in [-0.15, -0.1) is 0 Å². The summed E-state index contributed by atoms with van der Waals surface area (Å²) in [6, 6.07) is 0. The topological polar surface area (TPSA) is 67.6 Å². The zero-order valence-corrected chi connectivity index (χ0v) is 14.8. The van der Waals surface area contributed by atoms with Gasteiger partial charge in [0.2, 0.25) is 5.91 Å². The van der Waals surface area contributed by atoms with E-state index in [9.17, 15) is 9.90 Å². The van der Waals surface area contributed by atoms with E-state index in [1.165, 1.54) is 0 Å². The summed E-state index contributed by atoms with van der Waals surface area (Å²) in [6.45, 7) is 6.72. The lowest BCUT2D eigenvalue weighted by molar-refractivity contribution is -0.181. The zero-order chi connectivity index (χ0) is 17.2. The van der Waals surface area contributed by atoms with Crippen LogP contribution in [-0.4, -0.2) is 56.6 Å². The lowest BCUT2D eigenvalue weighted by atomic mass is 9.76. The van der Waals surface area contributed by atoms with Gasteiger partial charge in [-0.3, -0.25) is 9.48 Å². The number of carbonyl (C=O) groups is 1. The number of hydrogen-bond donors (Lipinski definition) is 1. The predicted molar refractivity (Wildman–Crippen MR) is 90.6 cm³/mol. The summed E-state index contributed by atoms with van der Waals surface area (Å²) in [4.78, 5) is 14.4. The number of ether oxygens (including phenoxy) is 1. The van der Waals surface area contributed by atoms with Crippen molar-refractivity contribution in [2.75, 3.05) is 19.7 Å². The predicted octanol–water partition coefficient (Wildman–Crippen LogP) is 1.89. The van der Waals surface area contributed by atoms with Crippen LogP contribution >= 0.6 is 0 Å². The Labute approximate surface area is 143 Å². The van der Waals surface area contributed by atoms with Crippen molar-refractivity contribution in [3.8, 4) is 0 Å². The van der Waals surface area contributed by atoms with Gasteiger partial charge in [0.05, 0.1) is 24.0 Å². The Balaban J connectivity index is 1.50. The van der Waals surface area contributed by atoms with Crippen LogP contribution in [0.2, 0.25) is 0 Å². The maximum absolute atomic E-state index is 12.4. The number of amides is 1. The molecule has 0 radical (unpaired) electrons. The van der Waals surface area contributed by atoms with Crippen molar-refractivity contribution < 1.29 is 14.6 Å². The fourth-order valence-corrected chi connectivity index (χ4v) is 3.94. The lowest BCUT2D eigenvalue weighted by Crippen LogP contribution is -2.55. The minimum Gasteiger partial charge on any atom is -0.390 e. The van der Waals surface area contributed by atoms with Gasteiger partial charge in [-0.25, -0.2) is 0 Å². The second kappa shape index (κ2) is 6.84. The molecule has 1 amide bonds. The summed E-state index contributed by atoms with van der Waals surface area (Å²) < 4.78 is 7.88. The van der Waals surface area contributed by atoms with E-state index in [1.807, 2.05) is 35.8 Å². The number of aryl methyl sites for hydroxylation is 2. The molecule has 0 saturated carbocycles. The third kappa shape index (κ3) is 3.81. The normalized spacial score (nSPS) is 26.7. The molecular weight excluding hydrogens is 306 g/mol. The molecule has 2 aliphatic rings. The van der Waals surface area contributed by atoms with Crippen LogP contribution < -0.4 is 0 Å². The molecule has 134 valence electrons. The summed E-state index contributed by atoms with van der Waals surface area (Å²) in [5.74, 6) is 0.180. The highest BCUT2D eigenvalue weighted by atomic mass is 16.5. The monoisotopic (exact) mass is 335 g/mol. The number of carbonyl (C=O) groups excluding carboxylic acids is 1. The van der Waals surface area contributed by atoms with Crippen molar-refractivity contribution >= 4 is 5.91 Å².